The summed E-state index contributed by atoms with van der Waals surface area (Å²) in [7, 11) is 0. The molecule has 0 saturated carbocycles. The third kappa shape index (κ3) is 11.7. The van der Waals surface area contributed by atoms with Gasteiger partial charge < -0.3 is 4.74 Å². The van der Waals surface area contributed by atoms with Gasteiger partial charge in [-0.15, -0.1) is 0 Å². The summed E-state index contributed by atoms with van der Waals surface area (Å²) < 4.78 is 5.44. The highest BCUT2D eigenvalue weighted by Gasteiger charge is 1.92. The molecule has 0 radical (unpaired) electrons. The molecule has 0 heterocycles. The van der Waals surface area contributed by atoms with E-state index in [9.17, 15) is 0 Å². The normalized spacial score (nSPS) is 12.1. The zero-order chi connectivity index (χ0) is 10.8. The molecule has 0 amide bonds. The van der Waals surface area contributed by atoms with Crippen molar-refractivity contribution in [2.24, 2.45) is 11.8 Å². The molecule has 1 heteroatoms. The molecule has 84 valence electrons. The third-order valence-electron chi connectivity index (χ3n) is 1.98. The Balaban J connectivity index is 3.12. The van der Waals surface area contributed by atoms with Gasteiger partial charge in [-0.05, 0) is 24.7 Å². The number of hydrogen-bond donors (Lipinski definition) is 0. The molecular formula is C13H26O. The molecule has 0 aromatic rings. The third-order valence-corrected chi connectivity index (χ3v) is 1.98. The van der Waals surface area contributed by atoms with Crippen LogP contribution in [0.25, 0.3) is 0 Å². The van der Waals surface area contributed by atoms with Crippen LogP contribution in [0.2, 0.25) is 0 Å². The lowest BCUT2D eigenvalue weighted by atomic mass is 10.1. The van der Waals surface area contributed by atoms with Gasteiger partial charge in [0.25, 0.3) is 0 Å². The fraction of sp³-hybridized carbons (Fsp3) is 0.846. The Morgan fingerprint density at radius 3 is 2.29 bits per heavy atom. The van der Waals surface area contributed by atoms with E-state index in [1.807, 2.05) is 0 Å². The Morgan fingerprint density at radius 2 is 1.71 bits per heavy atom. The summed E-state index contributed by atoms with van der Waals surface area (Å²) in [6.45, 7) is 10.5. The van der Waals surface area contributed by atoms with Crippen LogP contribution < -0.4 is 0 Å². The molecule has 0 bridgehead atoms. The second-order valence-corrected chi connectivity index (χ2v) is 4.73. The average Bonchev–Trinajstić information content (AvgIpc) is 2.08. The van der Waals surface area contributed by atoms with E-state index in [2.05, 4.69) is 39.8 Å². The second kappa shape index (κ2) is 9.26. The Kier molecular flexibility index (Phi) is 9.06. The topological polar surface area (TPSA) is 9.23 Å². The standard InChI is InChI=1S/C13H26O/c1-12(2)9-7-5-6-8-10-14-11-13(3)4/h6,8,12-13H,5,7,9-11H2,1-4H3. The fourth-order valence-corrected chi connectivity index (χ4v) is 1.20. The summed E-state index contributed by atoms with van der Waals surface area (Å²) in [5.41, 5.74) is 0. The SMILES string of the molecule is CC(C)CCCC=CCOCC(C)C. The quantitative estimate of drug-likeness (QED) is 0.422. The molecule has 0 aliphatic carbocycles. The first-order chi connectivity index (χ1) is 6.63. The van der Waals surface area contributed by atoms with Gasteiger partial charge in [-0.25, -0.2) is 0 Å². The van der Waals surface area contributed by atoms with E-state index < -0.39 is 0 Å². The van der Waals surface area contributed by atoms with Crippen molar-refractivity contribution in [3.8, 4) is 0 Å². The molecule has 0 atom stereocenters. The fourth-order valence-electron chi connectivity index (χ4n) is 1.20. The summed E-state index contributed by atoms with van der Waals surface area (Å²) in [5, 5.41) is 0. The van der Waals surface area contributed by atoms with Crippen LogP contribution in [0.1, 0.15) is 47.0 Å². The van der Waals surface area contributed by atoms with Gasteiger partial charge in [0.1, 0.15) is 0 Å². The minimum absolute atomic E-state index is 0.643. The van der Waals surface area contributed by atoms with Crippen LogP contribution in [0.4, 0.5) is 0 Å². The van der Waals surface area contributed by atoms with Crippen molar-refractivity contribution < 1.29 is 4.74 Å². The maximum Gasteiger partial charge on any atom is 0.0647 e. The van der Waals surface area contributed by atoms with Crippen LogP contribution in [0.3, 0.4) is 0 Å². The molecule has 0 spiro atoms. The number of rotatable bonds is 8. The number of unbranched alkanes of at least 4 members (excludes halogenated alkanes) is 1. The second-order valence-electron chi connectivity index (χ2n) is 4.73. The highest BCUT2D eigenvalue weighted by molar-refractivity contribution is 4.81. The van der Waals surface area contributed by atoms with Crippen LogP contribution >= 0.6 is 0 Å². The van der Waals surface area contributed by atoms with Crippen molar-refractivity contribution >= 4 is 0 Å². The molecule has 0 aromatic carbocycles. The van der Waals surface area contributed by atoms with Crippen molar-refractivity contribution in [3.63, 3.8) is 0 Å². The minimum atomic E-state index is 0.643. The molecule has 0 aliphatic heterocycles. The van der Waals surface area contributed by atoms with Gasteiger partial charge in [0.15, 0.2) is 0 Å². The number of ether oxygens (including phenoxy) is 1. The molecule has 0 saturated heterocycles. The van der Waals surface area contributed by atoms with Gasteiger partial charge in [-0.1, -0.05) is 46.3 Å². The smallest absolute Gasteiger partial charge is 0.0647 e. The van der Waals surface area contributed by atoms with Gasteiger partial charge in [-0.2, -0.15) is 0 Å². The van der Waals surface area contributed by atoms with Crippen LogP contribution in [0.15, 0.2) is 12.2 Å². The number of hydrogen-bond acceptors (Lipinski definition) is 1. The zero-order valence-electron chi connectivity index (χ0n) is 10.3. The Morgan fingerprint density at radius 1 is 1.00 bits per heavy atom. The van der Waals surface area contributed by atoms with E-state index in [-0.39, 0.29) is 0 Å². The van der Waals surface area contributed by atoms with Crippen LogP contribution in [0, 0.1) is 11.8 Å². The predicted molar refractivity (Wildman–Crippen MR) is 63.5 cm³/mol. The average molecular weight is 198 g/mol. The molecule has 0 fully saturated rings. The Hall–Kier alpha value is -0.300. The van der Waals surface area contributed by atoms with E-state index in [4.69, 9.17) is 4.74 Å². The number of allylic oxidation sites excluding steroid dienone is 1. The summed E-state index contributed by atoms with van der Waals surface area (Å²) in [5.74, 6) is 1.48. The zero-order valence-corrected chi connectivity index (χ0v) is 10.3. The van der Waals surface area contributed by atoms with Crippen molar-refractivity contribution in [2.45, 2.75) is 47.0 Å². The molecular weight excluding hydrogens is 172 g/mol. The van der Waals surface area contributed by atoms with Crippen LogP contribution in [-0.4, -0.2) is 13.2 Å². The lowest BCUT2D eigenvalue weighted by Crippen LogP contribution is -2.01. The van der Waals surface area contributed by atoms with Gasteiger partial charge in [0, 0.05) is 6.61 Å². The lowest BCUT2D eigenvalue weighted by molar-refractivity contribution is 0.134. The first-order valence-corrected chi connectivity index (χ1v) is 5.85. The molecule has 0 N–H and O–H groups in total. The van der Waals surface area contributed by atoms with Crippen LogP contribution in [-0.2, 0) is 4.74 Å². The van der Waals surface area contributed by atoms with Gasteiger partial charge >= 0.3 is 0 Å². The summed E-state index contributed by atoms with van der Waals surface area (Å²) in [6, 6.07) is 0. The maximum atomic E-state index is 5.44. The van der Waals surface area contributed by atoms with Gasteiger partial charge in [-0.3, -0.25) is 0 Å². The summed E-state index contributed by atoms with van der Waals surface area (Å²) >= 11 is 0. The minimum Gasteiger partial charge on any atom is -0.377 e. The molecule has 0 aromatic heterocycles. The first-order valence-electron chi connectivity index (χ1n) is 5.85. The van der Waals surface area contributed by atoms with Crippen molar-refractivity contribution in [1.82, 2.24) is 0 Å². The molecule has 0 unspecified atom stereocenters. The van der Waals surface area contributed by atoms with E-state index in [1.54, 1.807) is 0 Å². The highest BCUT2D eigenvalue weighted by atomic mass is 16.5. The lowest BCUT2D eigenvalue weighted by Gasteiger charge is -2.03. The van der Waals surface area contributed by atoms with Crippen molar-refractivity contribution in [2.75, 3.05) is 13.2 Å². The molecule has 14 heavy (non-hydrogen) atoms. The molecule has 0 aliphatic rings. The van der Waals surface area contributed by atoms with Gasteiger partial charge in [0.2, 0.25) is 0 Å². The predicted octanol–water partition coefficient (Wildman–Crippen LogP) is 4.04. The highest BCUT2D eigenvalue weighted by Crippen LogP contribution is 2.06. The summed E-state index contributed by atoms with van der Waals surface area (Å²) in [4.78, 5) is 0. The summed E-state index contributed by atoms with van der Waals surface area (Å²) in [6.07, 6.45) is 8.21. The van der Waals surface area contributed by atoms with E-state index in [1.165, 1.54) is 19.3 Å². The van der Waals surface area contributed by atoms with E-state index in [0.29, 0.717) is 5.92 Å². The Labute approximate surface area is 89.5 Å². The van der Waals surface area contributed by atoms with E-state index in [0.717, 1.165) is 19.1 Å². The molecule has 0 rings (SSSR count). The van der Waals surface area contributed by atoms with Gasteiger partial charge in [0.05, 0.1) is 6.61 Å². The maximum absolute atomic E-state index is 5.44. The van der Waals surface area contributed by atoms with Crippen molar-refractivity contribution in [3.05, 3.63) is 12.2 Å². The monoisotopic (exact) mass is 198 g/mol. The molecule has 1 nitrogen and oxygen atoms in total. The first kappa shape index (κ1) is 13.7. The largest absolute Gasteiger partial charge is 0.377 e. The Bertz CT molecular complexity index is 120. The van der Waals surface area contributed by atoms with E-state index >= 15 is 0 Å². The van der Waals surface area contributed by atoms with Crippen LogP contribution in [0.5, 0.6) is 0 Å². The van der Waals surface area contributed by atoms with Crippen molar-refractivity contribution in [1.29, 1.82) is 0 Å².